The Labute approximate surface area is 137 Å². The Kier molecular flexibility index (Phi) is 12.2. The summed E-state index contributed by atoms with van der Waals surface area (Å²) >= 11 is 0. The van der Waals surface area contributed by atoms with E-state index >= 15 is 0 Å². The van der Waals surface area contributed by atoms with Gasteiger partial charge in [0.05, 0.1) is 5.75 Å². The van der Waals surface area contributed by atoms with Gasteiger partial charge in [-0.1, -0.05) is 13.5 Å². The van der Waals surface area contributed by atoms with Crippen molar-refractivity contribution in [1.82, 2.24) is 9.80 Å². The maximum atomic E-state index is 11.1. The molecule has 1 saturated heterocycles. The first-order valence-corrected chi connectivity index (χ1v) is 7.46. The second-order valence-electron chi connectivity index (χ2n) is 4.12. The van der Waals surface area contributed by atoms with Crippen LogP contribution in [0, 0.1) is 0 Å². The molecule has 0 aromatic heterocycles. The predicted octanol–water partition coefficient (Wildman–Crippen LogP) is -0.418. The van der Waals surface area contributed by atoms with Gasteiger partial charge in [0.1, 0.15) is 0 Å². The summed E-state index contributed by atoms with van der Waals surface area (Å²) in [5.41, 5.74) is 0. The summed E-state index contributed by atoms with van der Waals surface area (Å²) in [6.45, 7) is 8.75. The van der Waals surface area contributed by atoms with Crippen LogP contribution >= 0.6 is 0 Å². The van der Waals surface area contributed by atoms with Gasteiger partial charge in [0.25, 0.3) is 10.1 Å². The van der Waals surface area contributed by atoms with E-state index < -0.39 is 10.1 Å². The van der Waals surface area contributed by atoms with E-state index in [0.29, 0.717) is 6.42 Å². The molecule has 0 atom stereocenters. The molecule has 0 spiro atoms. The molecular weight excluding hydrogens is 279 g/mol. The van der Waals surface area contributed by atoms with E-state index in [0.717, 1.165) is 26.2 Å². The second kappa shape index (κ2) is 10.8. The summed E-state index contributed by atoms with van der Waals surface area (Å²) in [5.74, 6) is -0.0781. The van der Waals surface area contributed by atoms with Gasteiger partial charge < -0.3 is 9.80 Å². The maximum absolute atomic E-state index is 11.1. The number of nitrogens with zero attached hydrogens (tertiary/aromatic N) is 2. The monoisotopic (exact) mass is 302 g/mol. The van der Waals surface area contributed by atoms with Crippen molar-refractivity contribution in [3.05, 3.63) is 12.7 Å². The van der Waals surface area contributed by atoms with Crippen molar-refractivity contribution < 1.29 is 17.8 Å². The van der Waals surface area contributed by atoms with E-state index in [1.807, 2.05) is 4.90 Å². The molecule has 1 rings (SSSR count). The Hall–Kier alpha value is 0.0800. The molecule has 108 valence electrons. The Morgan fingerprint density at radius 1 is 1.32 bits per heavy atom. The van der Waals surface area contributed by atoms with E-state index in [1.165, 1.54) is 6.08 Å². The SMILES string of the molecule is C=CC(=O)N1CCN(C)CC1.CCCS(=O)(=O)O.[NaH]. The van der Waals surface area contributed by atoms with Crippen molar-refractivity contribution in [2.75, 3.05) is 39.0 Å². The molecule has 1 aliphatic heterocycles. The van der Waals surface area contributed by atoms with Gasteiger partial charge in [0, 0.05) is 26.2 Å². The van der Waals surface area contributed by atoms with Gasteiger partial charge in [-0.2, -0.15) is 8.42 Å². The summed E-state index contributed by atoms with van der Waals surface area (Å²) in [6.07, 6.45) is 1.85. The number of hydrogen-bond acceptors (Lipinski definition) is 4. The average molecular weight is 302 g/mol. The molecule has 0 saturated carbocycles. The first-order chi connectivity index (χ1) is 8.30. The van der Waals surface area contributed by atoms with Crippen LogP contribution in [0.15, 0.2) is 12.7 Å². The van der Waals surface area contributed by atoms with Crippen molar-refractivity contribution in [2.45, 2.75) is 13.3 Å². The van der Waals surface area contributed by atoms with Crippen LogP contribution in [0.3, 0.4) is 0 Å². The van der Waals surface area contributed by atoms with Crippen LogP contribution in [0.2, 0.25) is 0 Å². The topological polar surface area (TPSA) is 77.9 Å². The normalized spacial score (nSPS) is 15.8. The molecule has 0 radical (unpaired) electrons. The molecule has 0 unspecified atom stereocenters. The van der Waals surface area contributed by atoms with Gasteiger partial charge in [0.15, 0.2) is 0 Å². The van der Waals surface area contributed by atoms with Crippen molar-refractivity contribution in [2.24, 2.45) is 0 Å². The van der Waals surface area contributed by atoms with E-state index in [4.69, 9.17) is 4.55 Å². The number of piperazine rings is 1. The first-order valence-electron chi connectivity index (χ1n) is 5.85. The van der Waals surface area contributed by atoms with Crippen molar-refractivity contribution in [3.63, 3.8) is 0 Å². The molecule has 0 aliphatic carbocycles. The molecule has 1 fully saturated rings. The van der Waals surface area contributed by atoms with Crippen LogP contribution in [-0.2, 0) is 14.9 Å². The molecule has 19 heavy (non-hydrogen) atoms. The molecule has 0 aromatic carbocycles. The van der Waals surface area contributed by atoms with E-state index in [1.54, 1.807) is 6.92 Å². The Morgan fingerprint density at radius 3 is 2.05 bits per heavy atom. The van der Waals surface area contributed by atoms with Crippen molar-refractivity contribution in [3.8, 4) is 0 Å². The number of carbonyl (C=O) groups excluding carboxylic acids is 1. The third-order valence-electron chi connectivity index (χ3n) is 2.45. The van der Waals surface area contributed by atoms with Crippen LogP contribution in [0.4, 0.5) is 0 Å². The standard InChI is InChI=1S/C8H14N2O.C3H8O3S.Na.H/c1-3-8(11)10-6-4-9(2)5-7-10;1-2-3-7(4,5)6;;/h3H,1,4-7H2,2H3;2-3H2,1H3,(H,4,5,6);;. The van der Waals surface area contributed by atoms with Crippen LogP contribution < -0.4 is 0 Å². The van der Waals surface area contributed by atoms with Crippen molar-refractivity contribution in [1.29, 1.82) is 0 Å². The molecule has 8 heteroatoms. The van der Waals surface area contributed by atoms with Crippen LogP contribution in [-0.4, -0.2) is 97.2 Å². The van der Waals surface area contributed by atoms with Gasteiger partial charge in [-0.25, -0.2) is 0 Å². The van der Waals surface area contributed by atoms with Crippen molar-refractivity contribution >= 4 is 45.6 Å². The fraction of sp³-hybridized carbons (Fsp3) is 0.727. The number of likely N-dealkylation sites (N-methyl/N-ethyl adjacent to an activating group) is 1. The van der Waals surface area contributed by atoms with Gasteiger partial charge in [-0.15, -0.1) is 0 Å². The van der Waals surface area contributed by atoms with E-state index in [9.17, 15) is 13.2 Å². The van der Waals surface area contributed by atoms with E-state index in [-0.39, 0.29) is 41.2 Å². The Morgan fingerprint density at radius 2 is 1.79 bits per heavy atom. The third-order valence-corrected chi connectivity index (χ3v) is 3.38. The molecule has 1 heterocycles. The zero-order valence-corrected chi connectivity index (χ0v) is 11.8. The van der Waals surface area contributed by atoms with Gasteiger partial charge in [-0.3, -0.25) is 9.35 Å². The molecule has 6 nitrogen and oxygen atoms in total. The average Bonchev–Trinajstić information content (AvgIpc) is 2.28. The summed E-state index contributed by atoms with van der Waals surface area (Å²) in [6, 6.07) is 0. The molecule has 0 aromatic rings. The zero-order chi connectivity index (χ0) is 14.2. The van der Waals surface area contributed by atoms with Crippen LogP contribution in [0.25, 0.3) is 0 Å². The van der Waals surface area contributed by atoms with Gasteiger partial charge in [0.2, 0.25) is 5.91 Å². The first kappa shape index (κ1) is 21.4. The summed E-state index contributed by atoms with van der Waals surface area (Å²) in [5, 5.41) is 0. The zero-order valence-electron chi connectivity index (χ0n) is 11.0. The summed E-state index contributed by atoms with van der Waals surface area (Å²) in [4.78, 5) is 15.1. The van der Waals surface area contributed by atoms with Gasteiger partial charge >= 0.3 is 29.6 Å². The number of amides is 1. The third kappa shape index (κ3) is 11.6. The Balaban J connectivity index is 0. The summed E-state index contributed by atoms with van der Waals surface area (Å²) in [7, 11) is -1.61. The number of hydrogen-bond donors (Lipinski definition) is 1. The van der Waals surface area contributed by atoms with E-state index in [2.05, 4.69) is 18.5 Å². The minimum absolute atomic E-state index is 0. The molecule has 1 amide bonds. The molecule has 0 bridgehead atoms. The predicted molar refractivity (Wildman–Crippen MR) is 78.1 cm³/mol. The Bertz CT molecular complexity index is 365. The minimum atomic E-state index is -3.67. The quantitative estimate of drug-likeness (QED) is 0.435. The van der Waals surface area contributed by atoms with Gasteiger partial charge in [-0.05, 0) is 19.5 Å². The number of carbonyl (C=O) groups is 1. The number of rotatable bonds is 3. The fourth-order valence-corrected chi connectivity index (χ4v) is 1.93. The fourth-order valence-electron chi connectivity index (χ4n) is 1.41. The molecule has 1 N–H and O–H groups in total. The molecule has 1 aliphatic rings. The second-order valence-corrected chi connectivity index (χ2v) is 5.69. The molecular formula is C11H23N2NaO4S. The van der Waals surface area contributed by atoms with Crippen LogP contribution in [0.1, 0.15) is 13.3 Å². The summed E-state index contributed by atoms with van der Waals surface area (Å²) < 4.78 is 27.6. The van der Waals surface area contributed by atoms with Crippen LogP contribution in [0.5, 0.6) is 0 Å².